The fraction of sp³-hybridized carbons (Fsp3) is 0.217. The fourth-order valence-electron chi connectivity index (χ4n) is 3.27. The third-order valence-electron chi connectivity index (χ3n) is 4.81. The van der Waals surface area contributed by atoms with Crippen molar-refractivity contribution in [1.82, 2.24) is 0 Å². The van der Waals surface area contributed by atoms with E-state index in [0.717, 1.165) is 33.1 Å². The summed E-state index contributed by atoms with van der Waals surface area (Å²) in [5.74, 6) is 0. The molecule has 0 radical (unpaired) electrons. The van der Waals surface area contributed by atoms with Gasteiger partial charge in [-0.25, -0.2) is 0 Å². The van der Waals surface area contributed by atoms with E-state index in [0.29, 0.717) is 0 Å². The third-order valence-corrected chi connectivity index (χ3v) is 4.81. The first-order chi connectivity index (χ1) is 11.9. The molecule has 0 fully saturated rings. The second-order valence-corrected chi connectivity index (χ2v) is 7.63. The molecule has 2 heteroatoms. The highest BCUT2D eigenvalue weighted by Gasteiger charge is 2.16. The Bertz CT molecular complexity index is 1030. The van der Waals surface area contributed by atoms with Crippen LogP contribution in [0.25, 0.3) is 21.9 Å². The molecule has 0 aliphatic rings. The number of furan rings is 1. The molecule has 0 amide bonds. The number of rotatable bonds is 2. The summed E-state index contributed by atoms with van der Waals surface area (Å²) >= 11 is 0. The topological polar surface area (TPSA) is 33.4 Å². The van der Waals surface area contributed by atoms with Crippen molar-refractivity contribution in [3.05, 3.63) is 83.4 Å². The number of aliphatic hydroxyl groups is 1. The number of para-hydroxylation sites is 1. The summed E-state index contributed by atoms with van der Waals surface area (Å²) in [7, 11) is 0. The summed E-state index contributed by atoms with van der Waals surface area (Å²) in [5.41, 5.74) is 4.79. The van der Waals surface area contributed by atoms with Gasteiger partial charge in [0, 0.05) is 10.8 Å². The molecule has 0 spiro atoms. The first-order valence-corrected chi connectivity index (χ1v) is 8.63. The molecule has 0 aliphatic heterocycles. The summed E-state index contributed by atoms with van der Waals surface area (Å²) in [4.78, 5) is 0. The van der Waals surface area contributed by atoms with Gasteiger partial charge in [-0.1, -0.05) is 75.4 Å². The number of benzene rings is 3. The van der Waals surface area contributed by atoms with Crippen molar-refractivity contribution in [2.45, 2.75) is 32.3 Å². The van der Waals surface area contributed by atoms with E-state index in [2.05, 4.69) is 39.0 Å². The predicted molar refractivity (Wildman–Crippen MR) is 103 cm³/mol. The van der Waals surface area contributed by atoms with Gasteiger partial charge in [0.1, 0.15) is 17.3 Å². The highest BCUT2D eigenvalue weighted by molar-refractivity contribution is 6.04. The maximum Gasteiger partial charge on any atom is 0.135 e. The summed E-state index contributed by atoms with van der Waals surface area (Å²) in [6.45, 7) is 6.57. The van der Waals surface area contributed by atoms with E-state index in [9.17, 15) is 5.11 Å². The van der Waals surface area contributed by atoms with Crippen LogP contribution in [0.5, 0.6) is 0 Å². The quantitative estimate of drug-likeness (QED) is 0.491. The van der Waals surface area contributed by atoms with Gasteiger partial charge in [0.15, 0.2) is 0 Å². The second kappa shape index (κ2) is 5.75. The standard InChI is InChI=1S/C23H22O2/c1-23(2,3)17-11-8-15(9-12-17)22(24)16-10-13-19-18-6-4-5-7-20(18)25-21(19)14-16/h4-14,22,24H,1-3H3/t22-/m0/s1. The van der Waals surface area contributed by atoms with E-state index in [-0.39, 0.29) is 5.41 Å². The van der Waals surface area contributed by atoms with Gasteiger partial charge < -0.3 is 9.52 Å². The molecule has 1 atom stereocenters. The normalized spacial score (nSPS) is 13.4. The monoisotopic (exact) mass is 330 g/mol. The Labute approximate surface area is 147 Å². The molecule has 1 heterocycles. The van der Waals surface area contributed by atoms with Crippen LogP contribution in [-0.4, -0.2) is 5.11 Å². The zero-order valence-electron chi connectivity index (χ0n) is 14.8. The Kier molecular flexibility index (Phi) is 3.66. The van der Waals surface area contributed by atoms with Gasteiger partial charge in [-0.3, -0.25) is 0 Å². The van der Waals surface area contributed by atoms with Gasteiger partial charge in [0.05, 0.1) is 0 Å². The van der Waals surface area contributed by atoms with Crippen molar-refractivity contribution in [3.8, 4) is 0 Å². The number of hydrogen-bond donors (Lipinski definition) is 1. The largest absolute Gasteiger partial charge is 0.456 e. The van der Waals surface area contributed by atoms with Crippen LogP contribution in [0, 0.1) is 0 Å². The zero-order valence-corrected chi connectivity index (χ0v) is 14.8. The first-order valence-electron chi connectivity index (χ1n) is 8.63. The Morgan fingerprint density at radius 3 is 2.12 bits per heavy atom. The van der Waals surface area contributed by atoms with E-state index in [1.165, 1.54) is 5.56 Å². The molecular formula is C23H22O2. The summed E-state index contributed by atoms with van der Waals surface area (Å²) < 4.78 is 5.93. The van der Waals surface area contributed by atoms with Gasteiger partial charge in [-0.2, -0.15) is 0 Å². The molecule has 4 aromatic rings. The minimum absolute atomic E-state index is 0.108. The van der Waals surface area contributed by atoms with Crippen molar-refractivity contribution >= 4 is 21.9 Å². The van der Waals surface area contributed by atoms with Gasteiger partial charge in [0.2, 0.25) is 0 Å². The molecule has 1 aromatic heterocycles. The average Bonchev–Trinajstić information content (AvgIpc) is 2.98. The Hall–Kier alpha value is -2.58. The Morgan fingerprint density at radius 1 is 0.760 bits per heavy atom. The minimum Gasteiger partial charge on any atom is -0.456 e. The lowest BCUT2D eigenvalue weighted by Gasteiger charge is -2.20. The van der Waals surface area contributed by atoms with E-state index >= 15 is 0 Å². The fourth-order valence-corrected chi connectivity index (χ4v) is 3.27. The second-order valence-electron chi connectivity index (χ2n) is 7.63. The highest BCUT2D eigenvalue weighted by atomic mass is 16.3. The molecule has 0 bridgehead atoms. The highest BCUT2D eigenvalue weighted by Crippen LogP contribution is 2.32. The van der Waals surface area contributed by atoms with E-state index in [4.69, 9.17) is 4.42 Å². The Morgan fingerprint density at radius 2 is 1.40 bits per heavy atom. The molecule has 126 valence electrons. The van der Waals surface area contributed by atoms with Crippen LogP contribution < -0.4 is 0 Å². The van der Waals surface area contributed by atoms with Gasteiger partial charge in [-0.15, -0.1) is 0 Å². The maximum atomic E-state index is 10.8. The average molecular weight is 330 g/mol. The Balaban J connectivity index is 1.72. The van der Waals surface area contributed by atoms with E-state index < -0.39 is 6.10 Å². The molecule has 2 nitrogen and oxygen atoms in total. The molecule has 25 heavy (non-hydrogen) atoms. The lowest BCUT2D eigenvalue weighted by molar-refractivity contribution is 0.220. The molecular weight excluding hydrogens is 308 g/mol. The van der Waals surface area contributed by atoms with Gasteiger partial charge >= 0.3 is 0 Å². The molecule has 0 saturated heterocycles. The lowest BCUT2D eigenvalue weighted by atomic mass is 9.86. The van der Waals surface area contributed by atoms with Gasteiger partial charge in [0.25, 0.3) is 0 Å². The van der Waals surface area contributed by atoms with E-state index in [1.54, 1.807) is 0 Å². The molecule has 0 aliphatic carbocycles. The van der Waals surface area contributed by atoms with Crippen molar-refractivity contribution in [2.24, 2.45) is 0 Å². The molecule has 3 aromatic carbocycles. The third kappa shape index (κ3) is 2.83. The molecule has 1 N–H and O–H groups in total. The van der Waals surface area contributed by atoms with Crippen molar-refractivity contribution in [2.75, 3.05) is 0 Å². The SMILES string of the molecule is CC(C)(C)c1ccc([C@H](O)c2ccc3c(c2)oc2ccccc23)cc1. The number of aliphatic hydroxyl groups excluding tert-OH is 1. The van der Waals surface area contributed by atoms with Crippen molar-refractivity contribution in [1.29, 1.82) is 0 Å². The smallest absolute Gasteiger partial charge is 0.135 e. The van der Waals surface area contributed by atoms with Crippen LogP contribution in [0.3, 0.4) is 0 Å². The minimum atomic E-state index is -0.661. The summed E-state index contributed by atoms with van der Waals surface area (Å²) in [5, 5.41) is 13.0. The summed E-state index contributed by atoms with van der Waals surface area (Å²) in [6, 6.07) is 22.2. The van der Waals surface area contributed by atoms with Crippen LogP contribution in [0.1, 0.15) is 43.6 Å². The van der Waals surface area contributed by atoms with Gasteiger partial charge in [-0.05, 0) is 34.2 Å². The zero-order chi connectivity index (χ0) is 17.6. The lowest BCUT2D eigenvalue weighted by Crippen LogP contribution is -2.11. The molecule has 0 unspecified atom stereocenters. The number of fused-ring (bicyclic) bond motifs is 3. The van der Waals surface area contributed by atoms with Crippen LogP contribution in [0.2, 0.25) is 0 Å². The maximum absolute atomic E-state index is 10.8. The van der Waals surface area contributed by atoms with Crippen LogP contribution in [0.15, 0.2) is 71.1 Å². The first kappa shape index (κ1) is 15.9. The molecule has 0 saturated carbocycles. The van der Waals surface area contributed by atoms with E-state index in [1.807, 2.05) is 48.5 Å². The number of hydrogen-bond acceptors (Lipinski definition) is 2. The molecule has 4 rings (SSSR count). The van der Waals surface area contributed by atoms with Crippen molar-refractivity contribution < 1.29 is 9.52 Å². The summed E-state index contributed by atoms with van der Waals surface area (Å²) in [6.07, 6.45) is -0.661. The predicted octanol–water partition coefficient (Wildman–Crippen LogP) is 5.97. The van der Waals surface area contributed by atoms with Crippen LogP contribution in [-0.2, 0) is 5.41 Å². The van der Waals surface area contributed by atoms with Crippen LogP contribution >= 0.6 is 0 Å². The van der Waals surface area contributed by atoms with Crippen molar-refractivity contribution in [3.63, 3.8) is 0 Å². The van der Waals surface area contributed by atoms with Crippen LogP contribution in [0.4, 0.5) is 0 Å².